The van der Waals surface area contributed by atoms with Crippen molar-refractivity contribution in [3.8, 4) is 0 Å². The van der Waals surface area contributed by atoms with E-state index < -0.39 is 0 Å². The maximum absolute atomic E-state index is 9.24. The average molecular weight is 224 g/mol. The predicted octanol–water partition coefficient (Wildman–Crippen LogP) is 1.52. The predicted molar refractivity (Wildman–Crippen MR) is 64.3 cm³/mol. The number of pyridine rings is 1. The van der Waals surface area contributed by atoms with Crippen LogP contribution < -0.4 is 4.90 Å². The molecule has 82 valence electrons. The normalized spacial score (nSPS) is 20.5. The van der Waals surface area contributed by atoms with E-state index in [4.69, 9.17) is 0 Å². The summed E-state index contributed by atoms with van der Waals surface area (Å²) in [5.74, 6) is 3.32. The van der Waals surface area contributed by atoms with Crippen LogP contribution >= 0.6 is 11.8 Å². The van der Waals surface area contributed by atoms with E-state index >= 15 is 0 Å². The number of aliphatic hydroxyl groups is 1. The molecular weight excluding hydrogens is 208 g/mol. The van der Waals surface area contributed by atoms with Gasteiger partial charge in [0.1, 0.15) is 5.82 Å². The minimum absolute atomic E-state index is 0.0629. The Morgan fingerprint density at radius 2 is 2.53 bits per heavy atom. The molecule has 1 fully saturated rings. The number of anilines is 1. The van der Waals surface area contributed by atoms with Gasteiger partial charge in [0.05, 0.1) is 6.61 Å². The first-order valence-electron chi connectivity index (χ1n) is 5.18. The van der Waals surface area contributed by atoms with E-state index in [1.807, 2.05) is 23.9 Å². The van der Waals surface area contributed by atoms with Crippen LogP contribution in [-0.4, -0.2) is 34.7 Å². The van der Waals surface area contributed by atoms with Gasteiger partial charge in [0.2, 0.25) is 0 Å². The summed E-state index contributed by atoms with van der Waals surface area (Å²) < 4.78 is 0. The van der Waals surface area contributed by atoms with Crippen LogP contribution in [0.25, 0.3) is 0 Å². The molecule has 1 saturated heterocycles. The molecule has 2 heterocycles. The fraction of sp³-hybridized carbons (Fsp3) is 0.545. The number of aliphatic hydroxyl groups excluding tert-OH is 1. The zero-order chi connectivity index (χ0) is 10.7. The van der Waals surface area contributed by atoms with Crippen molar-refractivity contribution >= 4 is 17.6 Å². The molecule has 1 aliphatic heterocycles. The lowest BCUT2D eigenvalue weighted by atomic mass is 10.2. The lowest BCUT2D eigenvalue weighted by molar-refractivity contribution is 0.281. The van der Waals surface area contributed by atoms with E-state index in [2.05, 4.69) is 16.9 Å². The van der Waals surface area contributed by atoms with Crippen LogP contribution in [0.1, 0.15) is 12.0 Å². The molecular formula is C11H16N2OS. The van der Waals surface area contributed by atoms with E-state index in [1.165, 1.54) is 12.2 Å². The van der Waals surface area contributed by atoms with Gasteiger partial charge in [0.15, 0.2) is 0 Å². The molecule has 1 aromatic rings. The van der Waals surface area contributed by atoms with Gasteiger partial charge in [-0.1, -0.05) is 6.07 Å². The van der Waals surface area contributed by atoms with Crippen molar-refractivity contribution < 1.29 is 5.11 Å². The summed E-state index contributed by atoms with van der Waals surface area (Å²) >= 11 is 1.99. The van der Waals surface area contributed by atoms with E-state index in [-0.39, 0.29) is 6.61 Å². The van der Waals surface area contributed by atoms with Crippen LogP contribution in [-0.2, 0) is 6.61 Å². The third-order valence-electron chi connectivity index (χ3n) is 2.83. The van der Waals surface area contributed by atoms with Crippen molar-refractivity contribution in [3.63, 3.8) is 0 Å². The Bertz CT molecular complexity index is 326. The second-order valence-corrected chi connectivity index (χ2v) is 4.92. The van der Waals surface area contributed by atoms with Crippen molar-refractivity contribution in [1.82, 2.24) is 4.98 Å². The van der Waals surface area contributed by atoms with Gasteiger partial charge in [0.25, 0.3) is 0 Å². The smallest absolute Gasteiger partial charge is 0.134 e. The van der Waals surface area contributed by atoms with Crippen LogP contribution in [0.2, 0.25) is 0 Å². The van der Waals surface area contributed by atoms with Crippen LogP contribution in [0.5, 0.6) is 0 Å². The molecule has 1 N–H and O–H groups in total. The molecule has 0 spiro atoms. The Kier molecular flexibility index (Phi) is 3.49. The van der Waals surface area contributed by atoms with Crippen LogP contribution in [0.3, 0.4) is 0 Å². The Balaban J connectivity index is 2.19. The Labute approximate surface area is 94.5 Å². The van der Waals surface area contributed by atoms with Crippen molar-refractivity contribution in [1.29, 1.82) is 0 Å². The molecule has 0 aromatic carbocycles. The first-order chi connectivity index (χ1) is 7.33. The Morgan fingerprint density at radius 1 is 1.67 bits per heavy atom. The topological polar surface area (TPSA) is 36.4 Å². The van der Waals surface area contributed by atoms with Crippen LogP contribution in [0, 0.1) is 0 Å². The molecule has 1 aliphatic rings. The van der Waals surface area contributed by atoms with Gasteiger partial charge in [-0.3, -0.25) is 0 Å². The van der Waals surface area contributed by atoms with Crippen molar-refractivity contribution in [2.45, 2.75) is 19.1 Å². The monoisotopic (exact) mass is 224 g/mol. The molecule has 0 aliphatic carbocycles. The zero-order valence-corrected chi connectivity index (χ0v) is 9.70. The molecule has 2 rings (SSSR count). The number of hydrogen-bond acceptors (Lipinski definition) is 4. The Hall–Kier alpha value is -0.740. The number of aromatic nitrogens is 1. The summed E-state index contributed by atoms with van der Waals surface area (Å²) in [6.07, 6.45) is 3.00. The van der Waals surface area contributed by atoms with Gasteiger partial charge < -0.3 is 10.0 Å². The maximum Gasteiger partial charge on any atom is 0.134 e. The number of rotatable bonds is 3. The van der Waals surface area contributed by atoms with E-state index in [0.29, 0.717) is 6.04 Å². The van der Waals surface area contributed by atoms with Gasteiger partial charge in [-0.15, -0.1) is 0 Å². The quantitative estimate of drug-likeness (QED) is 0.844. The average Bonchev–Trinajstić information content (AvgIpc) is 2.81. The van der Waals surface area contributed by atoms with Crippen LogP contribution in [0.4, 0.5) is 5.82 Å². The number of thioether (sulfide) groups is 1. The molecule has 15 heavy (non-hydrogen) atoms. The van der Waals surface area contributed by atoms with Gasteiger partial charge in [0, 0.05) is 30.6 Å². The summed E-state index contributed by atoms with van der Waals surface area (Å²) in [5, 5.41) is 9.24. The van der Waals surface area contributed by atoms with E-state index in [9.17, 15) is 5.11 Å². The lowest BCUT2D eigenvalue weighted by Crippen LogP contribution is -2.32. The first-order valence-corrected chi connectivity index (χ1v) is 6.33. The molecule has 1 unspecified atom stereocenters. The molecule has 0 amide bonds. The fourth-order valence-corrected chi connectivity index (χ4v) is 3.14. The van der Waals surface area contributed by atoms with Gasteiger partial charge in [-0.25, -0.2) is 4.98 Å². The Morgan fingerprint density at radius 3 is 3.20 bits per heavy atom. The molecule has 1 aromatic heterocycles. The minimum Gasteiger partial charge on any atom is -0.392 e. The summed E-state index contributed by atoms with van der Waals surface area (Å²) in [5.41, 5.74) is 0.914. The molecule has 0 saturated carbocycles. The van der Waals surface area contributed by atoms with Crippen molar-refractivity contribution in [2.24, 2.45) is 0 Å². The number of nitrogens with zero attached hydrogens (tertiary/aromatic N) is 2. The zero-order valence-electron chi connectivity index (χ0n) is 8.89. The standard InChI is InChI=1S/C11H16N2OS/c1-13(10-4-6-15-8-10)11-9(7-14)3-2-5-12-11/h2-3,5,10,14H,4,6-8H2,1H3. The third kappa shape index (κ3) is 2.26. The lowest BCUT2D eigenvalue weighted by Gasteiger charge is -2.26. The molecule has 0 bridgehead atoms. The van der Waals surface area contributed by atoms with Gasteiger partial charge in [-0.05, 0) is 18.2 Å². The first kappa shape index (κ1) is 10.8. The molecule has 0 radical (unpaired) electrons. The number of hydrogen-bond donors (Lipinski definition) is 1. The highest BCUT2D eigenvalue weighted by atomic mass is 32.2. The third-order valence-corrected chi connectivity index (χ3v) is 3.97. The summed E-state index contributed by atoms with van der Waals surface area (Å²) in [6, 6.07) is 4.36. The summed E-state index contributed by atoms with van der Waals surface area (Å²) in [4.78, 5) is 6.55. The minimum atomic E-state index is 0.0629. The second-order valence-electron chi connectivity index (χ2n) is 3.77. The van der Waals surface area contributed by atoms with Gasteiger partial charge in [-0.2, -0.15) is 11.8 Å². The second kappa shape index (κ2) is 4.86. The van der Waals surface area contributed by atoms with E-state index in [0.717, 1.165) is 17.1 Å². The highest BCUT2D eigenvalue weighted by molar-refractivity contribution is 7.99. The van der Waals surface area contributed by atoms with Crippen molar-refractivity contribution in [2.75, 3.05) is 23.5 Å². The molecule has 1 atom stereocenters. The highest BCUT2D eigenvalue weighted by Crippen LogP contribution is 2.26. The fourth-order valence-electron chi connectivity index (χ4n) is 1.87. The van der Waals surface area contributed by atoms with Crippen molar-refractivity contribution in [3.05, 3.63) is 23.9 Å². The highest BCUT2D eigenvalue weighted by Gasteiger charge is 2.22. The largest absolute Gasteiger partial charge is 0.392 e. The molecule has 4 heteroatoms. The summed E-state index contributed by atoms with van der Waals surface area (Å²) in [7, 11) is 2.07. The summed E-state index contributed by atoms with van der Waals surface area (Å²) in [6.45, 7) is 0.0629. The van der Waals surface area contributed by atoms with E-state index in [1.54, 1.807) is 6.20 Å². The molecule has 3 nitrogen and oxygen atoms in total. The SMILES string of the molecule is CN(c1ncccc1CO)C1CCSC1. The van der Waals surface area contributed by atoms with Crippen LogP contribution in [0.15, 0.2) is 18.3 Å². The van der Waals surface area contributed by atoms with Gasteiger partial charge >= 0.3 is 0 Å². The maximum atomic E-state index is 9.24.